The maximum absolute atomic E-state index is 11.6. The molecule has 0 bridgehead atoms. The highest BCUT2D eigenvalue weighted by molar-refractivity contribution is 9.10. The summed E-state index contributed by atoms with van der Waals surface area (Å²) in [5.74, 6) is 0.258. The Morgan fingerprint density at radius 3 is 2.52 bits per heavy atom. The number of benzene rings is 1. The third-order valence-corrected chi connectivity index (χ3v) is 4.36. The normalized spacial score (nSPS) is 11.6. The zero-order valence-corrected chi connectivity index (χ0v) is 15.1. The molecule has 0 unspecified atom stereocenters. The molecule has 0 atom stereocenters. The van der Waals surface area contributed by atoms with Crippen LogP contribution < -0.4 is 4.74 Å². The minimum absolute atomic E-state index is 0.0459. The van der Waals surface area contributed by atoms with Crippen LogP contribution in [0.15, 0.2) is 21.5 Å². The van der Waals surface area contributed by atoms with Crippen LogP contribution in [-0.4, -0.2) is 42.0 Å². The first-order valence-electron chi connectivity index (χ1n) is 6.30. The van der Waals surface area contributed by atoms with Crippen LogP contribution >= 0.6 is 26.6 Å². The molecule has 0 saturated carbocycles. The van der Waals surface area contributed by atoms with Gasteiger partial charge in [-0.15, -0.1) is 0 Å². The summed E-state index contributed by atoms with van der Waals surface area (Å²) in [6.07, 6.45) is 0.801. The van der Waals surface area contributed by atoms with Crippen LogP contribution in [0.2, 0.25) is 0 Å². The lowest BCUT2D eigenvalue weighted by molar-refractivity contribution is 0.0798. The third-order valence-electron chi connectivity index (χ3n) is 2.58. The zero-order chi connectivity index (χ0) is 15.9. The minimum Gasteiger partial charge on any atom is -0.489 e. The number of methoxy groups -OCH3 is 1. The predicted molar refractivity (Wildman–Crippen MR) is 84.7 cm³/mol. The van der Waals surface area contributed by atoms with Gasteiger partial charge in [-0.25, -0.2) is 8.42 Å². The first-order valence-corrected chi connectivity index (χ1v) is 9.40. The van der Waals surface area contributed by atoms with Gasteiger partial charge in [-0.05, 0) is 31.0 Å². The number of aryl methyl sites for hydroxylation is 1. The SMILES string of the molecule is COCCCOCCOc1c(C)cc(Br)cc1S(=O)(=O)Cl. The van der Waals surface area contributed by atoms with Crippen LogP contribution in [0, 0.1) is 6.92 Å². The number of ether oxygens (including phenoxy) is 3. The van der Waals surface area contributed by atoms with Gasteiger partial charge in [0.1, 0.15) is 17.3 Å². The molecule has 0 radical (unpaired) electrons. The maximum atomic E-state index is 11.6. The van der Waals surface area contributed by atoms with E-state index in [1.807, 2.05) is 0 Å². The fourth-order valence-corrected chi connectivity index (χ4v) is 3.45. The minimum atomic E-state index is -3.87. The van der Waals surface area contributed by atoms with Crippen molar-refractivity contribution in [3.05, 3.63) is 22.2 Å². The molecule has 0 amide bonds. The third kappa shape index (κ3) is 6.52. The highest BCUT2D eigenvalue weighted by atomic mass is 79.9. The topological polar surface area (TPSA) is 61.8 Å². The molecule has 0 fully saturated rings. The Hall–Kier alpha value is -0.340. The monoisotopic (exact) mass is 400 g/mol. The van der Waals surface area contributed by atoms with Crippen molar-refractivity contribution in [2.45, 2.75) is 18.2 Å². The predicted octanol–water partition coefficient (Wildman–Crippen LogP) is 3.12. The summed E-state index contributed by atoms with van der Waals surface area (Å²) in [7, 11) is 3.19. The summed E-state index contributed by atoms with van der Waals surface area (Å²) >= 11 is 3.24. The van der Waals surface area contributed by atoms with Crippen molar-refractivity contribution < 1.29 is 22.6 Å². The smallest absolute Gasteiger partial charge is 0.265 e. The second-order valence-corrected chi connectivity index (χ2v) is 7.75. The van der Waals surface area contributed by atoms with Crippen molar-refractivity contribution in [2.24, 2.45) is 0 Å². The lowest BCUT2D eigenvalue weighted by Gasteiger charge is -2.13. The molecule has 0 aliphatic rings. The summed E-state index contributed by atoms with van der Waals surface area (Å²) in [5.41, 5.74) is 0.683. The molecule has 0 spiro atoms. The molecular formula is C13H18BrClO5S. The van der Waals surface area contributed by atoms with Crippen molar-refractivity contribution in [1.29, 1.82) is 0 Å². The maximum Gasteiger partial charge on any atom is 0.265 e. The van der Waals surface area contributed by atoms with Crippen molar-refractivity contribution in [2.75, 3.05) is 33.5 Å². The van der Waals surface area contributed by atoms with Gasteiger partial charge in [0.05, 0.1) is 6.61 Å². The van der Waals surface area contributed by atoms with E-state index < -0.39 is 9.05 Å². The van der Waals surface area contributed by atoms with Crippen LogP contribution in [0.3, 0.4) is 0 Å². The molecule has 0 aliphatic heterocycles. The summed E-state index contributed by atoms with van der Waals surface area (Å²) in [5, 5.41) is 0. The van der Waals surface area contributed by atoms with E-state index in [0.717, 1.165) is 6.42 Å². The molecule has 21 heavy (non-hydrogen) atoms. The molecule has 0 heterocycles. The molecule has 1 aromatic carbocycles. The van der Waals surface area contributed by atoms with Gasteiger partial charge in [0.2, 0.25) is 0 Å². The van der Waals surface area contributed by atoms with Gasteiger partial charge in [-0.2, -0.15) is 0 Å². The largest absolute Gasteiger partial charge is 0.489 e. The first kappa shape index (κ1) is 18.7. The Bertz CT molecular complexity index is 562. The molecular weight excluding hydrogens is 384 g/mol. The highest BCUT2D eigenvalue weighted by Crippen LogP contribution is 2.33. The Kier molecular flexibility index (Phi) is 7.97. The molecule has 0 aliphatic carbocycles. The Labute approximate surface area is 138 Å². The molecule has 0 saturated heterocycles. The average Bonchev–Trinajstić information content (AvgIpc) is 2.38. The molecule has 0 N–H and O–H groups in total. The van der Waals surface area contributed by atoms with Gasteiger partial charge in [-0.3, -0.25) is 0 Å². The Morgan fingerprint density at radius 2 is 1.90 bits per heavy atom. The van der Waals surface area contributed by atoms with Gasteiger partial charge < -0.3 is 14.2 Å². The molecule has 0 aromatic heterocycles. The van der Waals surface area contributed by atoms with Crippen molar-refractivity contribution in [3.8, 4) is 5.75 Å². The van der Waals surface area contributed by atoms with E-state index in [1.54, 1.807) is 20.1 Å². The van der Waals surface area contributed by atoms with Crippen LogP contribution in [0.5, 0.6) is 5.75 Å². The molecule has 1 rings (SSSR count). The van der Waals surface area contributed by atoms with Crippen LogP contribution in [-0.2, 0) is 18.5 Å². The van der Waals surface area contributed by atoms with Gasteiger partial charge in [-0.1, -0.05) is 15.9 Å². The van der Waals surface area contributed by atoms with Gasteiger partial charge in [0, 0.05) is 35.5 Å². The fraction of sp³-hybridized carbons (Fsp3) is 0.538. The van der Waals surface area contributed by atoms with Crippen molar-refractivity contribution in [1.82, 2.24) is 0 Å². The summed E-state index contributed by atoms with van der Waals surface area (Å²) in [6, 6.07) is 3.18. The van der Waals surface area contributed by atoms with Crippen LogP contribution in [0.4, 0.5) is 0 Å². The lowest BCUT2D eigenvalue weighted by atomic mass is 10.2. The molecule has 1 aromatic rings. The average molecular weight is 402 g/mol. The van der Waals surface area contributed by atoms with Gasteiger partial charge in [0.25, 0.3) is 9.05 Å². The Morgan fingerprint density at radius 1 is 1.19 bits per heavy atom. The number of hydrogen-bond acceptors (Lipinski definition) is 5. The van der Waals surface area contributed by atoms with Crippen molar-refractivity contribution in [3.63, 3.8) is 0 Å². The summed E-state index contributed by atoms with van der Waals surface area (Å²) < 4.78 is 39.6. The Balaban J connectivity index is 2.63. The fourth-order valence-electron chi connectivity index (χ4n) is 1.68. The highest BCUT2D eigenvalue weighted by Gasteiger charge is 2.20. The van der Waals surface area contributed by atoms with E-state index in [2.05, 4.69) is 15.9 Å². The van der Waals surface area contributed by atoms with Crippen LogP contribution in [0.25, 0.3) is 0 Å². The second kappa shape index (κ2) is 8.95. The first-order chi connectivity index (χ1) is 9.86. The zero-order valence-electron chi connectivity index (χ0n) is 11.9. The van der Waals surface area contributed by atoms with E-state index in [9.17, 15) is 8.42 Å². The quantitative estimate of drug-likeness (QED) is 0.470. The van der Waals surface area contributed by atoms with Gasteiger partial charge >= 0.3 is 0 Å². The molecule has 5 nitrogen and oxygen atoms in total. The van der Waals surface area contributed by atoms with Crippen molar-refractivity contribution >= 4 is 35.7 Å². The number of hydrogen-bond donors (Lipinski definition) is 0. The van der Waals surface area contributed by atoms with E-state index in [4.69, 9.17) is 24.9 Å². The number of rotatable bonds is 9. The lowest BCUT2D eigenvalue weighted by Crippen LogP contribution is -2.10. The molecule has 120 valence electrons. The van der Waals surface area contributed by atoms with E-state index >= 15 is 0 Å². The van der Waals surface area contributed by atoms with E-state index in [-0.39, 0.29) is 17.3 Å². The van der Waals surface area contributed by atoms with Gasteiger partial charge in [0.15, 0.2) is 0 Å². The summed E-state index contributed by atoms with van der Waals surface area (Å²) in [6.45, 7) is 3.57. The van der Waals surface area contributed by atoms with E-state index in [1.165, 1.54) is 6.07 Å². The second-order valence-electron chi connectivity index (χ2n) is 4.29. The van der Waals surface area contributed by atoms with Crippen LogP contribution in [0.1, 0.15) is 12.0 Å². The summed E-state index contributed by atoms with van der Waals surface area (Å²) in [4.78, 5) is -0.0459. The number of halogens is 2. The van der Waals surface area contributed by atoms with E-state index in [0.29, 0.717) is 29.9 Å². The molecule has 8 heteroatoms. The standard InChI is InChI=1S/C13H18BrClO5S/c1-10-8-11(14)9-12(21(15,16)17)13(10)20-7-6-19-5-3-4-18-2/h8-9H,3-7H2,1-2H3.